The summed E-state index contributed by atoms with van der Waals surface area (Å²) in [4.78, 5) is 4.47. The number of benzene rings is 1. The van der Waals surface area contributed by atoms with Crippen molar-refractivity contribution in [2.45, 2.75) is 33.2 Å². The predicted octanol–water partition coefficient (Wildman–Crippen LogP) is 3.85. The number of aryl methyl sites for hydroxylation is 1. The summed E-state index contributed by atoms with van der Waals surface area (Å²) in [6.07, 6.45) is 1.13. The van der Waals surface area contributed by atoms with Crippen molar-refractivity contribution in [1.82, 2.24) is 10.3 Å². The summed E-state index contributed by atoms with van der Waals surface area (Å²) in [6.45, 7) is 7.55. The molecule has 2 rings (SSSR count). The fraction of sp³-hybridized carbons (Fsp3) is 0.400. The molecule has 0 amide bonds. The first-order valence-electron chi connectivity index (χ1n) is 6.41. The Labute approximate surface area is 113 Å². The summed E-state index contributed by atoms with van der Waals surface area (Å²) >= 11 is 1.65. The minimum atomic E-state index is 0.219. The van der Waals surface area contributed by atoms with Crippen molar-refractivity contribution in [3.05, 3.63) is 51.5 Å². The van der Waals surface area contributed by atoms with E-state index >= 15 is 0 Å². The highest BCUT2D eigenvalue weighted by Crippen LogP contribution is 2.26. The summed E-state index contributed by atoms with van der Waals surface area (Å²) in [6, 6.07) is 6.72. The molecular formula is C15H20N2S. The number of nitrogens with one attached hydrogen (secondary N) is 1. The van der Waals surface area contributed by atoms with Gasteiger partial charge in [0.2, 0.25) is 0 Å². The van der Waals surface area contributed by atoms with E-state index in [-0.39, 0.29) is 6.04 Å². The zero-order chi connectivity index (χ0) is 13.0. The quantitative estimate of drug-likeness (QED) is 0.883. The molecular weight excluding hydrogens is 240 g/mol. The summed E-state index contributed by atoms with van der Waals surface area (Å²) in [7, 11) is 0. The molecule has 1 aromatic carbocycles. The molecule has 0 spiro atoms. The molecule has 1 heterocycles. The van der Waals surface area contributed by atoms with Crippen LogP contribution >= 0.6 is 11.3 Å². The van der Waals surface area contributed by atoms with E-state index < -0.39 is 0 Å². The number of aromatic nitrogens is 1. The summed E-state index contributed by atoms with van der Waals surface area (Å²) in [5.74, 6) is 0. The van der Waals surface area contributed by atoms with Gasteiger partial charge in [-0.2, -0.15) is 0 Å². The molecule has 1 N–H and O–H groups in total. The van der Waals surface area contributed by atoms with E-state index in [0.29, 0.717) is 0 Å². The van der Waals surface area contributed by atoms with E-state index in [9.17, 15) is 0 Å². The van der Waals surface area contributed by atoms with Crippen LogP contribution in [0.3, 0.4) is 0 Å². The Bertz CT molecular complexity index is 491. The zero-order valence-corrected chi connectivity index (χ0v) is 12.1. The molecule has 2 aromatic rings. The van der Waals surface area contributed by atoms with Crippen molar-refractivity contribution in [1.29, 1.82) is 0 Å². The number of hydrogen-bond acceptors (Lipinski definition) is 3. The van der Waals surface area contributed by atoms with Crippen molar-refractivity contribution < 1.29 is 0 Å². The van der Waals surface area contributed by atoms with Crippen LogP contribution < -0.4 is 5.32 Å². The van der Waals surface area contributed by atoms with Gasteiger partial charge in [0, 0.05) is 5.38 Å². The first-order valence-corrected chi connectivity index (χ1v) is 7.36. The maximum atomic E-state index is 4.47. The van der Waals surface area contributed by atoms with Gasteiger partial charge < -0.3 is 5.32 Å². The van der Waals surface area contributed by atoms with Crippen LogP contribution in [0.5, 0.6) is 0 Å². The van der Waals surface area contributed by atoms with E-state index in [1.54, 1.807) is 11.3 Å². The van der Waals surface area contributed by atoms with Crippen LogP contribution in [0.2, 0.25) is 0 Å². The third-order valence-electron chi connectivity index (χ3n) is 3.30. The van der Waals surface area contributed by atoms with Gasteiger partial charge in [-0.3, -0.25) is 0 Å². The molecule has 0 aliphatic rings. The normalized spacial score (nSPS) is 12.6. The van der Waals surface area contributed by atoms with Gasteiger partial charge in [-0.15, -0.1) is 11.3 Å². The van der Waals surface area contributed by atoms with Gasteiger partial charge >= 0.3 is 0 Å². The van der Waals surface area contributed by atoms with Gasteiger partial charge in [0.15, 0.2) is 0 Å². The second-order valence-corrected chi connectivity index (χ2v) is 5.31. The smallest absolute Gasteiger partial charge is 0.0795 e. The molecule has 3 heteroatoms. The SMILES string of the molecule is CCCNC(c1cscn1)c1cccc(C)c1C. The van der Waals surface area contributed by atoms with Crippen LogP contribution in [-0.2, 0) is 0 Å². The summed E-state index contributed by atoms with van der Waals surface area (Å²) < 4.78 is 0. The second kappa shape index (κ2) is 6.12. The molecule has 0 aliphatic heterocycles. The predicted molar refractivity (Wildman–Crippen MR) is 78.2 cm³/mol. The highest BCUT2D eigenvalue weighted by Gasteiger charge is 2.17. The Balaban J connectivity index is 2.37. The molecule has 0 fully saturated rings. The number of nitrogens with zero attached hydrogens (tertiary/aromatic N) is 1. The summed E-state index contributed by atoms with van der Waals surface area (Å²) in [5, 5.41) is 5.73. The van der Waals surface area contributed by atoms with Crippen LogP contribution in [0.1, 0.15) is 41.8 Å². The van der Waals surface area contributed by atoms with Crippen molar-refractivity contribution in [2.24, 2.45) is 0 Å². The zero-order valence-electron chi connectivity index (χ0n) is 11.2. The van der Waals surface area contributed by atoms with Crippen LogP contribution in [0.4, 0.5) is 0 Å². The fourth-order valence-electron chi connectivity index (χ4n) is 2.11. The van der Waals surface area contributed by atoms with Gasteiger partial charge in [-0.05, 0) is 43.5 Å². The molecule has 1 atom stereocenters. The van der Waals surface area contributed by atoms with Gasteiger partial charge in [0.05, 0.1) is 17.2 Å². The molecule has 18 heavy (non-hydrogen) atoms. The molecule has 1 aromatic heterocycles. The number of rotatable bonds is 5. The van der Waals surface area contributed by atoms with E-state index in [0.717, 1.165) is 18.7 Å². The second-order valence-electron chi connectivity index (χ2n) is 4.59. The topological polar surface area (TPSA) is 24.9 Å². The molecule has 0 bridgehead atoms. The van der Waals surface area contributed by atoms with Gasteiger partial charge in [-0.1, -0.05) is 25.1 Å². The average Bonchev–Trinajstić information content (AvgIpc) is 2.88. The Kier molecular flexibility index (Phi) is 4.50. The van der Waals surface area contributed by atoms with Crippen molar-refractivity contribution >= 4 is 11.3 Å². The lowest BCUT2D eigenvalue weighted by Crippen LogP contribution is -2.24. The molecule has 0 aliphatic carbocycles. The Hall–Kier alpha value is -1.19. The van der Waals surface area contributed by atoms with E-state index in [1.807, 2.05) is 5.51 Å². The Morgan fingerprint density at radius 2 is 2.17 bits per heavy atom. The lowest BCUT2D eigenvalue weighted by atomic mass is 9.96. The van der Waals surface area contributed by atoms with Crippen LogP contribution in [-0.4, -0.2) is 11.5 Å². The highest BCUT2D eigenvalue weighted by molar-refractivity contribution is 7.07. The molecule has 1 unspecified atom stereocenters. The standard InChI is InChI=1S/C15H20N2S/c1-4-8-16-15(14-9-18-10-17-14)13-7-5-6-11(2)12(13)3/h5-7,9-10,15-16H,4,8H2,1-3H3. The van der Waals surface area contributed by atoms with Crippen LogP contribution in [0.15, 0.2) is 29.1 Å². The average molecular weight is 260 g/mol. The molecule has 0 radical (unpaired) electrons. The molecule has 2 nitrogen and oxygen atoms in total. The third kappa shape index (κ3) is 2.79. The van der Waals surface area contributed by atoms with E-state index in [2.05, 4.69) is 54.7 Å². The maximum absolute atomic E-state index is 4.47. The molecule has 0 saturated carbocycles. The van der Waals surface area contributed by atoms with Crippen LogP contribution in [0.25, 0.3) is 0 Å². The molecule has 0 saturated heterocycles. The lowest BCUT2D eigenvalue weighted by Gasteiger charge is -2.20. The van der Waals surface area contributed by atoms with Gasteiger partial charge in [-0.25, -0.2) is 4.98 Å². The Morgan fingerprint density at radius 3 is 2.83 bits per heavy atom. The molecule has 96 valence electrons. The monoisotopic (exact) mass is 260 g/mol. The number of thiazole rings is 1. The van der Waals surface area contributed by atoms with Crippen molar-refractivity contribution in [2.75, 3.05) is 6.54 Å². The minimum absolute atomic E-state index is 0.219. The Morgan fingerprint density at radius 1 is 1.33 bits per heavy atom. The van der Waals surface area contributed by atoms with Crippen molar-refractivity contribution in [3.63, 3.8) is 0 Å². The van der Waals surface area contributed by atoms with Crippen molar-refractivity contribution in [3.8, 4) is 0 Å². The van der Waals surface area contributed by atoms with Gasteiger partial charge in [0.25, 0.3) is 0 Å². The lowest BCUT2D eigenvalue weighted by molar-refractivity contribution is 0.586. The number of hydrogen-bond donors (Lipinski definition) is 1. The first-order chi connectivity index (χ1) is 8.74. The third-order valence-corrected chi connectivity index (χ3v) is 3.91. The maximum Gasteiger partial charge on any atom is 0.0795 e. The fourth-order valence-corrected chi connectivity index (χ4v) is 2.69. The summed E-state index contributed by atoms with van der Waals surface area (Å²) in [5.41, 5.74) is 7.07. The van der Waals surface area contributed by atoms with E-state index in [1.165, 1.54) is 16.7 Å². The first kappa shape index (κ1) is 13.2. The largest absolute Gasteiger partial charge is 0.305 e. The minimum Gasteiger partial charge on any atom is -0.305 e. The van der Waals surface area contributed by atoms with Gasteiger partial charge in [0.1, 0.15) is 0 Å². The van der Waals surface area contributed by atoms with E-state index in [4.69, 9.17) is 0 Å². The highest BCUT2D eigenvalue weighted by atomic mass is 32.1. The van der Waals surface area contributed by atoms with Crippen LogP contribution in [0, 0.1) is 13.8 Å².